The number of amides is 1. The first-order valence-electron chi connectivity index (χ1n) is 9.70. The van der Waals surface area contributed by atoms with Crippen molar-refractivity contribution in [3.8, 4) is 17.0 Å². The van der Waals surface area contributed by atoms with Crippen molar-refractivity contribution >= 4 is 62.6 Å². The number of nitrogens with zero attached hydrogens (tertiary/aromatic N) is 3. The van der Waals surface area contributed by atoms with Crippen LogP contribution >= 0.6 is 34.7 Å². The Kier molecular flexibility index (Phi) is 6.78. The predicted octanol–water partition coefficient (Wildman–Crippen LogP) is 5.47. The van der Waals surface area contributed by atoms with Crippen molar-refractivity contribution in [2.24, 2.45) is 4.99 Å². The Balaban J connectivity index is 1.67. The number of hydrogen-bond donors (Lipinski definition) is 1. The number of carbonyl (C=O) groups is 2. The van der Waals surface area contributed by atoms with Crippen LogP contribution < -0.4 is 9.64 Å². The smallest absolute Gasteiger partial charge is 0.305 e. The Labute approximate surface area is 197 Å². The van der Waals surface area contributed by atoms with E-state index in [0.717, 1.165) is 23.1 Å². The van der Waals surface area contributed by atoms with Crippen LogP contribution in [-0.4, -0.2) is 39.0 Å². The Morgan fingerprint density at radius 2 is 1.94 bits per heavy atom. The number of hydrogen-bond acceptors (Lipinski definition) is 7. The number of anilines is 1. The van der Waals surface area contributed by atoms with Gasteiger partial charge in [0, 0.05) is 16.0 Å². The van der Waals surface area contributed by atoms with Gasteiger partial charge >= 0.3 is 5.97 Å². The Morgan fingerprint density at radius 1 is 1.22 bits per heavy atom. The molecule has 1 N–H and O–H groups in total. The lowest BCUT2D eigenvalue weighted by atomic mass is 10.2. The van der Waals surface area contributed by atoms with Crippen molar-refractivity contribution in [2.45, 2.75) is 18.6 Å². The van der Waals surface area contributed by atoms with E-state index in [1.807, 2.05) is 24.4 Å². The molecule has 3 aromatic rings. The summed E-state index contributed by atoms with van der Waals surface area (Å²) in [6, 6.07) is 14.4. The number of halogens is 1. The van der Waals surface area contributed by atoms with Gasteiger partial charge in [-0.3, -0.25) is 9.59 Å². The fourth-order valence-electron chi connectivity index (χ4n) is 3.02. The summed E-state index contributed by atoms with van der Waals surface area (Å²) in [7, 11) is 0. The minimum atomic E-state index is -1.04. The molecule has 0 saturated carbocycles. The van der Waals surface area contributed by atoms with Crippen molar-refractivity contribution in [2.75, 3.05) is 11.5 Å². The maximum Gasteiger partial charge on any atom is 0.305 e. The number of benzene rings is 2. The van der Waals surface area contributed by atoms with Gasteiger partial charge in [-0.1, -0.05) is 35.5 Å². The molecule has 1 aliphatic heterocycles. The van der Waals surface area contributed by atoms with Crippen LogP contribution in [0.25, 0.3) is 11.3 Å². The van der Waals surface area contributed by atoms with Gasteiger partial charge in [0.2, 0.25) is 5.91 Å². The normalized spacial score (nSPS) is 17.2. The van der Waals surface area contributed by atoms with Crippen LogP contribution in [0.2, 0.25) is 5.02 Å². The monoisotopic (exact) mass is 487 g/mol. The fourth-order valence-corrected chi connectivity index (χ4v) is 5.17. The van der Waals surface area contributed by atoms with Crippen LogP contribution in [0.15, 0.2) is 58.9 Å². The van der Waals surface area contributed by atoms with E-state index in [2.05, 4.69) is 9.98 Å². The summed E-state index contributed by atoms with van der Waals surface area (Å²) in [4.78, 5) is 34.9. The van der Waals surface area contributed by atoms with E-state index in [-0.39, 0.29) is 12.3 Å². The van der Waals surface area contributed by atoms with Gasteiger partial charge in [0.05, 0.1) is 24.4 Å². The molecule has 1 aliphatic rings. The van der Waals surface area contributed by atoms with Crippen molar-refractivity contribution in [3.05, 3.63) is 58.9 Å². The quantitative estimate of drug-likeness (QED) is 0.475. The van der Waals surface area contributed by atoms with Crippen LogP contribution in [0.3, 0.4) is 0 Å². The van der Waals surface area contributed by atoms with Crippen LogP contribution in [0.5, 0.6) is 5.75 Å². The number of thiazole rings is 1. The first-order valence-corrected chi connectivity index (χ1v) is 11.8. The molecule has 0 spiro atoms. The summed E-state index contributed by atoms with van der Waals surface area (Å²) < 4.78 is 5.45. The van der Waals surface area contributed by atoms with Crippen LogP contribution in [0.4, 0.5) is 10.8 Å². The van der Waals surface area contributed by atoms with E-state index in [1.54, 1.807) is 36.4 Å². The second-order valence-corrected chi connectivity index (χ2v) is 9.16. The maximum absolute atomic E-state index is 13.1. The Morgan fingerprint density at radius 3 is 2.59 bits per heavy atom. The number of thioether (sulfide) groups is 1. The van der Waals surface area contributed by atoms with E-state index >= 15 is 0 Å². The van der Waals surface area contributed by atoms with Crippen molar-refractivity contribution < 1.29 is 19.4 Å². The summed E-state index contributed by atoms with van der Waals surface area (Å²) in [5.74, 6) is -0.669. The number of ether oxygens (including phenoxy) is 1. The zero-order valence-corrected chi connectivity index (χ0v) is 19.3. The summed E-state index contributed by atoms with van der Waals surface area (Å²) in [6.45, 7) is 2.46. The van der Waals surface area contributed by atoms with E-state index in [4.69, 9.17) is 16.3 Å². The van der Waals surface area contributed by atoms with Crippen LogP contribution in [0.1, 0.15) is 13.3 Å². The first kappa shape index (κ1) is 22.3. The minimum absolute atomic E-state index is 0.294. The van der Waals surface area contributed by atoms with Gasteiger partial charge < -0.3 is 9.84 Å². The standard InChI is InChI=1S/C22H18ClN3O4S2/c1-2-30-16-9-7-15(8-10-16)24-22-26(20(29)18(32-22)11-19(27)28)21-25-17(12-31-21)13-3-5-14(23)6-4-13/h3-10,12,18H,2,11H2,1H3,(H,27,28)/t18-/m0/s1. The predicted molar refractivity (Wildman–Crippen MR) is 128 cm³/mol. The summed E-state index contributed by atoms with van der Waals surface area (Å²) in [5, 5.41) is 11.7. The van der Waals surface area contributed by atoms with Gasteiger partial charge in [-0.15, -0.1) is 11.3 Å². The number of carboxylic acid groups (broad SMARTS) is 1. The fraction of sp³-hybridized carbons (Fsp3) is 0.182. The molecule has 2 aromatic carbocycles. The number of aromatic nitrogens is 1. The number of aliphatic imine (C=N–C) groups is 1. The molecule has 10 heteroatoms. The Bertz CT molecular complexity index is 1160. The molecule has 1 saturated heterocycles. The molecule has 0 aliphatic carbocycles. The van der Waals surface area contributed by atoms with Crippen molar-refractivity contribution in [3.63, 3.8) is 0 Å². The van der Waals surface area contributed by atoms with Gasteiger partial charge in [-0.2, -0.15) is 0 Å². The number of aliphatic carboxylic acids is 1. The molecule has 7 nitrogen and oxygen atoms in total. The molecular formula is C22H18ClN3O4S2. The number of carboxylic acids is 1. The van der Waals surface area contributed by atoms with Crippen LogP contribution in [-0.2, 0) is 9.59 Å². The van der Waals surface area contributed by atoms with E-state index in [1.165, 1.54) is 16.2 Å². The first-order chi connectivity index (χ1) is 15.4. The largest absolute Gasteiger partial charge is 0.494 e. The highest BCUT2D eigenvalue weighted by atomic mass is 35.5. The highest BCUT2D eigenvalue weighted by molar-refractivity contribution is 8.16. The maximum atomic E-state index is 13.1. The molecular weight excluding hydrogens is 470 g/mol. The van der Waals surface area contributed by atoms with E-state index in [9.17, 15) is 14.7 Å². The lowest BCUT2D eigenvalue weighted by molar-refractivity contribution is -0.138. The molecule has 4 rings (SSSR count). The van der Waals surface area contributed by atoms with Crippen LogP contribution in [0, 0.1) is 0 Å². The highest BCUT2D eigenvalue weighted by Gasteiger charge is 2.41. The second-order valence-electron chi connectivity index (χ2n) is 6.72. The lowest BCUT2D eigenvalue weighted by Crippen LogP contribution is -2.32. The van der Waals surface area contributed by atoms with Gasteiger partial charge in [0.25, 0.3) is 0 Å². The number of rotatable bonds is 7. The summed E-state index contributed by atoms with van der Waals surface area (Å²) in [5.41, 5.74) is 2.18. The third-order valence-electron chi connectivity index (χ3n) is 4.49. The molecule has 1 aromatic heterocycles. The van der Waals surface area contributed by atoms with Crippen molar-refractivity contribution in [1.29, 1.82) is 0 Å². The summed E-state index contributed by atoms with van der Waals surface area (Å²) in [6.07, 6.45) is -0.294. The molecule has 164 valence electrons. The molecule has 0 radical (unpaired) electrons. The third-order valence-corrected chi connectivity index (χ3v) is 6.71. The number of amidine groups is 1. The molecule has 32 heavy (non-hydrogen) atoms. The molecule has 1 amide bonds. The lowest BCUT2D eigenvalue weighted by Gasteiger charge is -2.12. The number of carbonyl (C=O) groups excluding carboxylic acids is 1. The second kappa shape index (κ2) is 9.72. The molecule has 1 fully saturated rings. The van der Waals surface area contributed by atoms with Gasteiger partial charge in [0.15, 0.2) is 10.3 Å². The zero-order valence-electron chi connectivity index (χ0n) is 16.9. The average Bonchev–Trinajstić information content (AvgIpc) is 3.35. The van der Waals surface area contributed by atoms with Gasteiger partial charge in [-0.25, -0.2) is 14.9 Å². The molecule has 2 heterocycles. The molecule has 1 atom stereocenters. The highest BCUT2D eigenvalue weighted by Crippen LogP contribution is 2.38. The van der Waals surface area contributed by atoms with Gasteiger partial charge in [-0.05, 0) is 43.3 Å². The SMILES string of the molecule is CCOc1ccc(N=C2S[C@@H](CC(=O)O)C(=O)N2c2nc(-c3ccc(Cl)cc3)cs2)cc1. The van der Waals surface area contributed by atoms with Crippen molar-refractivity contribution in [1.82, 2.24) is 4.98 Å². The third kappa shape index (κ3) is 4.95. The Hall–Kier alpha value is -2.88. The zero-order chi connectivity index (χ0) is 22.7. The molecule has 0 bridgehead atoms. The minimum Gasteiger partial charge on any atom is -0.494 e. The molecule has 0 unspecified atom stereocenters. The van der Waals surface area contributed by atoms with Gasteiger partial charge in [0.1, 0.15) is 11.0 Å². The topological polar surface area (TPSA) is 92.1 Å². The summed E-state index contributed by atoms with van der Waals surface area (Å²) >= 11 is 8.39. The van der Waals surface area contributed by atoms with E-state index in [0.29, 0.717) is 33.3 Å². The van der Waals surface area contributed by atoms with E-state index < -0.39 is 11.2 Å². The average molecular weight is 488 g/mol.